The Morgan fingerprint density at radius 2 is 2.14 bits per heavy atom. The second-order valence-corrected chi connectivity index (χ2v) is 8.88. The van der Waals surface area contributed by atoms with Crippen LogP contribution < -0.4 is 22.1 Å². The summed E-state index contributed by atoms with van der Waals surface area (Å²) >= 11 is 0. The van der Waals surface area contributed by atoms with Crippen LogP contribution in [0.25, 0.3) is 0 Å². The smallest absolute Gasteiger partial charge is 0.252 e. The molecule has 0 radical (unpaired) electrons. The van der Waals surface area contributed by atoms with Gasteiger partial charge in [-0.05, 0) is 38.6 Å². The van der Waals surface area contributed by atoms with E-state index >= 15 is 0 Å². The average molecular weight is 499 g/mol. The monoisotopic (exact) mass is 498 g/mol. The molecule has 1 aromatic heterocycles. The van der Waals surface area contributed by atoms with Gasteiger partial charge < -0.3 is 32.0 Å². The summed E-state index contributed by atoms with van der Waals surface area (Å²) in [6, 6.07) is 0.664. The number of pyridine rings is 1. The lowest BCUT2D eigenvalue weighted by atomic mass is 10.0. The van der Waals surface area contributed by atoms with Crippen molar-refractivity contribution in [3.05, 3.63) is 53.8 Å². The maximum Gasteiger partial charge on any atom is 0.252 e. The summed E-state index contributed by atoms with van der Waals surface area (Å²) in [6.45, 7) is 5.75. The number of allylic oxidation sites excluding steroid dienone is 2. The van der Waals surface area contributed by atoms with Crippen LogP contribution in [-0.2, 0) is 0 Å². The Balaban J connectivity index is 2.39. The Morgan fingerprint density at radius 1 is 1.39 bits per heavy atom. The van der Waals surface area contributed by atoms with Crippen molar-refractivity contribution in [1.82, 2.24) is 9.88 Å². The first-order valence-corrected chi connectivity index (χ1v) is 12.2. The summed E-state index contributed by atoms with van der Waals surface area (Å²) in [5.41, 5.74) is 13.0. The van der Waals surface area contributed by atoms with E-state index in [9.17, 15) is 9.18 Å². The summed E-state index contributed by atoms with van der Waals surface area (Å²) < 4.78 is 14.7. The van der Waals surface area contributed by atoms with Gasteiger partial charge in [-0.2, -0.15) is 0 Å². The molecule has 9 nitrogen and oxygen atoms in total. The molecule has 2 rings (SSSR count). The van der Waals surface area contributed by atoms with Gasteiger partial charge in [0.25, 0.3) is 5.91 Å². The number of carbonyl (C=O) groups is 1. The van der Waals surface area contributed by atoms with E-state index in [0.717, 1.165) is 37.5 Å². The van der Waals surface area contributed by atoms with Gasteiger partial charge in [-0.3, -0.25) is 9.79 Å². The summed E-state index contributed by atoms with van der Waals surface area (Å²) in [6.07, 6.45) is 14.9. The van der Waals surface area contributed by atoms with E-state index in [1.165, 1.54) is 0 Å². The van der Waals surface area contributed by atoms with Gasteiger partial charge >= 0.3 is 0 Å². The fourth-order valence-corrected chi connectivity index (χ4v) is 3.45. The summed E-state index contributed by atoms with van der Waals surface area (Å²) in [7, 11) is 3.77. The van der Waals surface area contributed by atoms with Crippen LogP contribution in [-0.4, -0.2) is 59.9 Å². The van der Waals surface area contributed by atoms with E-state index in [-0.39, 0.29) is 35.3 Å². The van der Waals surface area contributed by atoms with Crippen molar-refractivity contribution in [2.24, 2.45) is 21.5 Å². The lowest BCUT2D eigenvalue weighted by Gasteiger charge is -2.26. The number of aliphatic imine (C=N–C) groups is 2. The van der Waals surface area contributed by atoms with Crippen molar-refractivity contribution in [1.29, 1.82) is 0 Å². The van der Waals surface area contributed by atoms with Crippen LogP contribution in [0.5, 0.6) is 0 Å². The molecule has 0 saturated heterocycles. The zero-order valence-electron chi connectivity index (χ0n) is 21.8. The van der Waals surface area contributed by atoms with Gasteiger partial charge in [-0.25, -0.2) is 9.37 Å². The fraction of sp³-hybridized carbons (Fsp3) is 0.462. The van der Waals surface area contributed by atoms with Gasteiger partial charge in [0, 0.05) is 50.9 Å². The predicted octanol–water partition coefficient (Wildman–Crippen LogP) is 3.83. The fourth-order valence-electron chi connectivity index (χ4n) is 3.45. The number of nitrogens with one attached hydrogen (secondary N) is 2. The molecule has 0 saturated carbocycles. The number of nitrogens with zero attached hydrogens (tertiary/aromatic N) is 4. The van der Waals surface area contributed by atoms with Crippen LogP contribution in [0.2, 0.25) is 0 Å². The quantitative estimate of drug-likeness (QED) is 0.324. The zero-order valence-corrected chi connectivity index (χ0v) is 21.8. The molecule has 1 aliphatic heterocycles. The number of amides is 1. The molecule has 1 amide bonds. The lowest BCUT2D eigenvalue weighted by molar-refractivity contribution is 0.100. The molecule has 0 spiro atoms. The van der Waals surface area contributed by atoms with Crippen LogP contribution in [0.15, 0.2) is 52.4 Å². The number of hydrogen-bond donors (Lipinski definition) is 4. The SMILES string of the molecule is CCC/C1=N/C=C(Nc2nc(NC(C)C(C)N)c(F)cc2C(N)=O)\C=C/C(N(C)/C=C\C/C=N\C)C1. The highest BCUT2D eigenvalue weighted by Gasteiger charge is 2.19. The molecule has 1 aliphatic rings. The third-order valence-electron chi connectivity index (χ3n) is 5.81. The molecule has 0 bridgehead atoms. The van der Waals surface area contributed by atoms with E-state index in [1.54, 1.807) is 13.2 Å². The molecule has 6 N–H and O–H groups in total. The number of anilines is 2. The van der Waals surface area contributed by atoms with E-state index in [0.29, 0.717) is 5.70 Å². The molecular formula is C26H39FN8O. The number of primary amides is 1. The van der Waals surface area contributed by atoms with Crippen LogP contribution in [0.1, 0.15) is 56.8 Å². The number of carbonyl (C=O) groups excluding carboxylic acids is 1. The Hall–Kier alpha value is -3.53. The highest BCUT2D eigenvalue weighted by Crippen LogP contribution is 2.23. The summed E-state index contributed by atoms with van der Waals surface area (Å²) in [4.78, 5) is 27.2. The molecule has 0 aliphatic carbocycles. The van der Waals surface area contributed by atoms with Crippen molar-refractivity contribution >= 4 is 29.5 Å². The zero-order chi connectivity index (χ0) is 26.7. The van der Waals surface area contributed by atoms with Gasteiger partial charge in [-0.15, -0.1) is 0 Å². The first kappa shape index (κ1) is 28.7. The number of aromatic nitrogens is 1. The number of halogens is 1. The van der Waals surface area contributed by atoms with Gasteiger partial charge in [0.1, 0.15) is 5.82 Å². The van der Waals surface area contributed by atoms with E-state index in [1.807, 2.05) is 45.5 Å². The molecule has 36 heavy (non-hydrogen) atoms. The minimum atomic E-state index is -0.792. The Labute approximate surface area is 213 Å². The first-order valence-electron chi connectivity index (χ1n) is 12.2. The second kappa shape index (κ2) is 14.1. The Kier molecular flexibility index (Phi) is 11.3. The molecule has 196 valence electrons. The predicted molar refractivity (Wildman–Crippen MR) is 147 cm³/mol. The van der Waals surface area contributed by atoms with E-state index in [4.69, 9.17) is 16.5 Å². The van der Waals surface area contributed by atoms with Crippen LogP contribution in [0.4, 0.5) is 16.0 Å². The third-order valence-corrected chi connectivity index (χ3v) is 5.81. The normalized spacial score (nSPS) is 21.6. The molecule has 0 aromatic carbocycles. The van der Waals surface area contributed by atoms with Gasteiger partial charge in [-0.1, -0.05) is 25.5 Å². The Morgan fingerprint density at radius 3 is 2.78 bits per heavy atom. The van der Waals surface area contributed by atoms with Gasteiger partial charge in [0.2, 0.25) is 0 Å². The number of rotatable bonds is 12. The van der Waals surface area contributed by atoms with Crippen molar-refractivity contribution in [3.8, 4) is 0 Å². The summed E-state index contributed by atoms with van der Waals surface area (Å²) in [5.74, 6) is -1.36. The van der Waals surface area contributed by atoms with E-state index < -0.39 is 11.7 Å². The Bertz CT molecular complexity index is 1040. The maximum atomic E-state index is 14.7. The van der Waals surface area contributed by atoms with E-state index in [2.05, 4.69) is 38.5 Å². The number of nitrogens with two attached hydrogens (primary N) is 2. The standard InChI is InChI=1S/C26H39FN8O/c1-6-9-19-14-21(35(5)13-8-7-12-30-4)11-10-20(16-31-19)33-25-22(24(29)36)15-23(27)26(34-25)32-18(3)17(2)28/h8,10-13,15-18,21H,6-7,9,14,28H2,1-5H3,(H2,29,36)(H2,32,33,34)/b11-10-,13-8-,20-16+,30-12-,31-19-. The highest BCUT2D eigenvalue weighted by atomic mass is 19.1. The lowest BCUT2D eigenvalue weighted by Crippen LogP contribution is -2.36. The minimum absolute atomic E-state index is 0.0173. The minimum Gasteiger partial charge on any atom is -0.374 e. The van der Waals surface area contributed by atoms with Crippen molar-refractivity contribution in [2.75, 3.05) is 24.7 Å². The van der Waals surface area contributed by atoms with Gasteiger partial charge in [0.15, 0.2) is 11.6 Å². The first-order chi connectivity index (χ1) is 17.2. The van der Waals surface area contributed by atoms with Crippen molar-refractivity contribution < 1.29 is 9.18 Å². The average Bonchev–Trinajstić information content (AvgIpc) is 2.81. The molecule has 1 aromatic rings. The molecule has 0 fully saturated rings. The second-order valence-electron chi connectivity index (χ2n) is 8.88. The largest absolute Gasteiger partial charge is 0.374 e. The molecule has 2 heterocycles. The summed E-state index contributed by atoms with van der Waals surface area (Å²) in [5, 5.41) is 6.07. The van der Waals surface area contributed by atoms with Crippen molar-refractivity contribution in [2.45, 2.75) is 64.6 Å². The van der Waals surface area contributed by atoms with Gasteiger partial charge in [0.05, 0.1) is 23.5 Å². The molecule has 10 heteroatoms. The van der Waals surface area contributed by atoms with Crippen molar-refractivity contribution in [3.63, 3.8) is 0 Å². The highest BCUT2D eigenvalue weighted by molar-refractivity contribution is 5.98. The maximum absolute atomic E-state index is 14.7. The number of likely N-dealkylation sites (N-methyl/N-ethyl adjacent to an activating group) is 1. The molecule has 3 unspecified atom stereocenters. The number of hydrogen-bond acceptors (Lipinski definition) is 8. The third kappa shape index (κ3) is 8.60. The van der Waals surface area contributed by atoms with Crippen LogP contribution in [0.3, 0.4) is 0 Å². The topological polar surface area (TPSA) is 134 Å². The van der Waals surface area contributed by atoms with Crippen LogP contribution >= 0.6 is 0 Å². The molecular weight excluding hydrogens is 459 g/mol. The molecule has 3 atom stereocenters. The van der Waals surface area contributed by atoms with Crippen LogP contribution in [0, 0.1) is 5.82 Å².